The number of carbonyl (C=O) groups excluding carboxylic acids is 1. The highest BCUT2D eigenvalue weighted by Gasteiger charge is 2.74. The summed E-state index contributed by atoms with van der Waals surface area (Å²) in [5, 5.41) is 11.1. The van der Waals surface area contributed by atoms with Crippen molar-refractivity contribution in [2.45, 2.75) is 103 Å². The summed E-state index contributed by atoms with van der Waals surface area (Å²) in [4.78, 5) is 12.4. The number of ketones is 1. The minimum absolute atomic E-state index is 0.000648. The summed E-state index contributed by atoms with van der Waals surface area (Å²) in [7, 11) is -1.87. The molecule has 1 N–H and O–H groups in total. The van der Waals surface area contributed by atoms with Crippen molar-refractivity contribution in [1.82, 2.24) is 0 Å². The van der Waals surface area contributed by atoms with Crippen molar-refractivity contribution >= 4 is 14.1 Å². The van der Waals surface area contributed by atoms with E-state index in [1.807, 2.05) is 0 Å². The zero-order valence-corrected chi connectivity index (χ0v) is 17.7. The second-order valence-corrected chi connectivity index (χ2v) is 15.6. The maximum Gasteiger partial charge on any atom is 0.192 e. The highest BCUT2D eigenvalue weighted by Crippen LogP contribution is 2.75. The Balaban J connectivity index is 2.01. The van der Waals surface area contributed by atoms with Gasteiger partial charge in [-0.15, -0.1) is 0 Å². The third-order valence-electron chi connectivity index (χ3n) is 8.62. The molecular formula is C20H36O3Si. The summed E-state index contributed by atoms with van der Waals surface area (Å²) in [5.74, 6) is 0.390. The standard InChI is InChI=1S/C20H36O3Si/c1-17(2,3)24(6,7)23-16-9-11-20-12-14(21)8-10-19(16,20)13-15(22)18(20,4)5/h15-16,22H,8-13H2,1-7H3/t15-,16-,19-,20+/m1/s1. The summed E-state index contributed by atoms with van der Waals surface area (Å²) in [5.41, 5.74) is -0.268. The Morgan fingerprint density at radius 2 is 1.83 bits per heavy atom. The fourth-order valence-electron chi connectivity index (χ4n) is 5.91. The van der Waals surface area contributed by atoms with Crippen molar-refractivity contribution < 1.29 is 14.3 Å². The van der Waals surface area contributed by atoms with E-state index < -0.39 is 8.32 Å². The van der Waals surface area contributed by atoms with E-state index in [-0.39, 0.29) is 33.5 Å². The smallest absolute Gasteiger partial charge is 0.192 e. The van der Waals surface area contributed by atoms with E-state index in [1.54, 1.807) is 0 Å². The van der Waals surface area contributed by atoms with E-state index in [9.17, 15) is 9.90 Å². The first-order valence-corrected chi connectivity index (χ1v) is 12.6. The average Bonchev–Trinajstić information content (AvgIpc) is 2.81. The fraction of sp³-hybridized carbons (Fsp3) is 0.950. The largest absolute Gasteiger partial charge is 0.413 e. The predicted octanol–water partition coefficient (Wildman–Crippen LogP) is 4.69. The molecule has 0 unspecified atom stereocenters. The van der Waals surface area contributed by atoms with Crippen LogP contribution in [0.1, 0.15) is 73.1 Å². The lowest BCUT2D eigenvalue weighted by Gasteiger charge is -2.53. The number of hydrogen-bond donors (Lipinski definition) is 1. The van der Waals surface area contributed by atoms with Crippen LogP contribution >= 0.6 is 0 Å². The Bertz CT molecular complexity index is 548. The molecule has 3 rings (SSSR count). The number of rotatable bonds is 2. The maximum atomic E-state index is 12.4. The van der Waals surface area contributed by atoms with Gasteiger partial charge in [0.1, 0.15) is 5.78 Å². The second kappa shape index (κ2) is 5.17. The van der Waals surface area contributed by atoms with Crippen LogP contribution in [0.2, 0.25) is 18.1 Å². The van der Waals surface area contributed by atoms with E-state index in [0.717, 1.165) is 25.7 Å². The third-order valence-corrected chi connectivity index (χ3v) is 13.1. The molecule has 0 bridgehead atoms. The number of hydrogen-bond acceptors (Lipinski definition) is 3. The Labute approximate surface area is 148 Å². The van der Waals surface area contributed by atoms with Crippen LogP contribution in [0.3, 0.4) is 0 Å². The molecule has 4 heteroatoms. The molecule has 0 aromatic heterocycles. The quantitative estimate of drug-likeness (QED) is 0.734. The van der Waals surface area contributed by atoms with E-state index in [1.165, 1.54) is 0 Å². The summed E-state index contributed by atoms with van der Waals surface area (Å²) in [6.45, 7) is 15.9. The first-order valence-electron chi connectivity index (χ1n) is 9.67. The van der Waals surface area contributed by atoms with Crippen LogP contribution in [0.15, 0.2) is 0 Å². The predicted molar refractivity (Wildman–Crippen MR) is 99.4 cm³/mol. The molecule has 0 aromatic carbocycles. The van der Waals surface area contributed by atoms with Crippen molar-refractivity contribution in [2.75, 3.05) is 0 Å². The Morgan fingerprint density at radius 1 is 1.21 bits per heavy atom. The molecular weight excluding hydrogens is 316 g/mol. The zero-order chi connectivity index (χ0) is 18.2. The van der Waals surface area contributed by atoms with Crippen LogP contribution in [0.4, 0.5) is 0 Å². The molecule has 3 fully saturated rings. The lowest BCUT2D eigenvalue weighted by molar-refractivity contribution is -0.138. The van der Waals surface area contributed by atoms with Crippen LogP contribution in [0, 0.1) is 16.2 Å². The molecule has 0 radical (unpaired) electrons. The Kier molecular flexibility index (Phi) is 4.00. The van der Waals surface area contributed by atoms with Crippen molar-refractivity contribution in [3.63, 3.8) is 0 Å². The first-order chi connectivity index (χ1) is 10.8. The van der Waals surface area contributed by atoms with Gasteiger partial charge >= 0.3 is 0 Å². The van der Waals surface area contributed by atoms with Crippen molar-refractivity contribution in [3.8, 4) is 0 Å². The molecule has 0 aliphatic heterocycles. The number of aliphatic hydroxyl groups excluding tert-OH is 1. The van der Waals surface area contributed by atoms with Gasteiger partial charge in [-0.1, -0.05) is 34.6 Å². The van der Waals surface area contributed by atoms with Gasteiger partial charge in [-0.25, -0.2) is 0 Å². The second-order valence-electron chi connectivity index (χ2n) is 10.8. The van der Waals surface area contributed by atoms with E-state index in [0.29, 0.717) is 18.6 Å². The monoisotopic (exact) mass is 352 g/mol. The van der Waals surface area contributed by atoms with Crippen molar-refractivity contribution in [3.05, 3.63) is 0 Å². The SMILES string of the molecule is CC1(C)[C@H](O)C[C@@]23CCC(=O)C[C@@]12CC[C@H]3O[Si](C)(C)C(C)(C)C. The van der Waals surface area contributed by atoms with Crippen LogP contribution < -0.4 is 0 Å². The Morgan fingerprint density at radius 3 is 2.42 bits per heavy atom. The Hall–Kier alpha value is -0.193. The zero-order valence-electron chi connectivity index (χ0n) is 16.7. The summed E-state index contributed by atoms with van der Waals surface area (Å²) in [6, 6.07) is 0. The van der Waals surface area contributed by atoms with Gasteiger partial charge in [0, 0.05) is 18.3 Å². The van der Waals surface area contributed by atoms with Gasteiger partial charge in [0.2, 0.25) is 0 Å². The topological polar surface area (TPSA) is 46.5 Å². The molecule has 3 aliphatic carbocycles. The summed E-state index contributed by atoms with van der Waals surface area (Å²) in [6.07, 6.45) is 5.00. The van der Waals surface area contributed by atoms with Crippen molar-refractivity contribution in [1.29, 1.82) is 0 Å². The lowest BCUT2D eigenvalue weighted by Crippen LogP contribution is -2.54. The lowest BCUT2D eigenvalue weighted by atomic mass is 9.52. The molecule has 0 aromatic rings. The highest BCUT2D eigenvalue weighted by molar-refractivity contribution is 6.74. The van der Waals surface area contributed by atoms with Gasteiger partial charge in [-0.2, -0.15) is 0 Å². The normalized spacial score (nSPS) is 42.1. The molecule has 3 nitrogen and oxygen atoms in total. The molecule has 0 amide bonds. The van der Waals surface area contributed by atoms with E-state index in [4.69, 9.17) is 4.43 Å². The van der Waals surface area contributed by atoms with Gasteiger partial charge < -0.3 is 9.53 Å². The minimum Gasteiger partial charge on any atom is -0.413 e. The fourth-order valence-corrected chi connectivity index (χ4v) is 7.32. The van der Waals surface area contributed by atoms with Gasteiger partial charge in [0.25, 0.3) is 0 Å². The third kappa shape index (κ3) is 2.18. The van der Waals surface area contributed by atoms with Crippen LogP contribution in [0.5, 0.6) is 0 Å². The molecule has 3 saturated carbocycles. The van der Waals surface area contributed by atoms with Crippen LogP contribution in [0.25, 0.3) is 0 Å². The molecule has 4 atom stereocenters. The molecule has 0 heterocycles. The highest BCUT2D eigenvalue weighted by atomic mass is 28.4. The molecule has 0 saturated heterocycles. The van der Waals surface area contributed by atoms with E-state index >= 15 is 0 Å². The molecule has 24 heavy (non-hydrogen) atoms. The number of carbonyl (C=O) groups is 1. The summed E-state index contributed by atoms with van der Waals surface area (Å²) < 4.78 is 6.93. The van der Waals surface area contributed by atoms with Gasteiger partial charge in [0.05, 0.1) is 12.2 Å². The van der Waals surface area contributed by atoms with Gasteiger partial charge in [0.15, 0.2) is 8.32 Å². The van der Waals surface area contributed by atoms with Crippen LogP contribution in [-0.2, 0) is 9.22 Å². The van der Waals surface area contributed by atoms with Gasteiger partial charge in [-0.05, 0) is 54.6 Å². The van der Waals surface area contributed by atoms with Crippen molar-refractivity contribution in [2.24, 2.45) is 16.2 Å². The van der Waals surface area contributed by atoms with E-state index in [2.05, 4.69) is 47.7 Å². The number of Topliss-reactive ketones (excluding diaryl/α,β-unsaturated/α-hetero) is 1. The average molecular weight is 353 g/mol. The molecule has 138 valence electrons. The van der Waals surface area contributed by atoms with Crippen LogP contribution in [-0.4, -0.2) is 31.4 Å². The number of aliphatic hydroxyl groups is 1. The summed E-state index contributed by atoms with van der Waals surface area (Å²) >= 11 is 0. The van der Waals surface area contributed by atoms with Gasteiger partial charge in [-0.3, -0.25) is 4.79 Å². The molecule has 3 aliphatic rings. The first kappa shape index (κ1) is 18.6. The maximum absolute atomic E-state index is 12.4. The molecule has 0 spiro atoms. The minimum atomic E-state index is -1.87.